The molecule has 2 fully saturated rings. The standard InChI is InChI=1S/C24H26N2O4/c27-18-8-11-20(23(28)13-18)24(29)26-14-21(22-3-1-2-12-25-22)17-6-9-19(10-7-17)30-15-16-4-5-16/h6-11,13,16,21-22,25H,1-5,12,15H2,(H-,27,28,29)/p+1. The first-order valence-electron chi connectivity index (χ1n) is 10.6. The van der Waals surface area contributed by atoms with Crippen molar-refractivity contribution in [1.82, 2.24) is 5.32 Å². The fourth-order valence-corrected chi connectivity index (χ4v) is 3.72. The fraction of sp³-hybridized carbons (Fsp3) is 0.417. The number of carbonyl (C=O) groups excluding carboxylic acids is 1. The molecular weight excluding hydrogens is 380 g/mol. The van der Waals surface area contributed by atoms with E-state index in [1.165, 1.54) is 25.0 Å². The molecule has 2 unspecified atom stereocenters. The van der Waals surface area contributed by atoms with Crippen molar-refractivity contribution in [3.8, 4) is 23.3 Å². The van der Waals surface area contributed by atoms with Crippen LogP contribution in [0.2, 0.25) is 0 Å². The zero-order valence-electron chi connectivity index (χ0n) is 16.9. The van der Waals surface area contributed by atoms with E-state index in [0.29, 0.717) is 5.92 Å². The molecule has 30 heavy (non-hydrogen) atoms. The first-order valence-corrected chi connectivity index (χ1v) is 10.6. The average Bonchev–Trinajstić information content (AvgIpc) is 3.58. The molecule has 0 radical (unpaired) electrons. The maximum atomic E-state index is 12.5. The molecule has 0 bridgehead atoms. The maximum absolute atomic E-state index is 12.5. The Labute approximate surface area is 176 Å². The van der Waals surface area contributed by atoms with Crippen LogP contribution in [0.15, 0.2) is 42.5 Å². The topological polar surface area (TPSA) is 83.2 Å². The van der Waals surface area contributed by atoms with E-state index in [2.05, 4.69) is 16.2 Å². The van der Waals surface area contributed by atoms with Gasteiger partial charge < -0.3 is 20.3 Å². The molecule has 2 atom stereocenters. The van der Waals surface area contributed by atoms with Gasteiger partial charge in [0.2, 0.25) is 0 Å². The second-order valence-corrected chi connectivity index (χ2v) is 8.10. The smallest absolute Gasteiger partial charge is 0.508 e. The Morgan fingerprint density at radius 1 is 1.13 bits per heavy atom. The van der Waals surface area contributed by atoms with Gasteiger partial charge in [-0.3, -0.25) is 0 Å². The minimum atomic E-state index is -0.585. The molecule has 2 aliphatic rings. The molecule has 1 saturated heterocycles. The van der Waals surface area contributed by atoms with Crippen molar-refractivity contribution < 1.29 is 19.7 Å². The minimum Gasteiger partial charge on any atom is -0.508 e. The van der Waals surface area contributed by atoms with E-state index in [9.17, 15) is 15.0 Å². The molecule has 2 aromatic carbocycles. The van der Waals surface area contributed by atoms with Gasteiger partial charge in [-0.1, -0.05) is 18.6 Å². The number of phenols is 2. The Kier molecular flexibility index (Phi) is 6.20. The van der Waals surface area contributed by atoms with Crippen molar-refractivity contribution in [2.24, 2.45) is 5.92 Å². The third-order valence-electron chi connectivity index (χ3n) is 5.69. The van der Waals surface area contributed by atoms with E-state index in [4.69, 9.17) is 4.74 Å². The molecule has 6 nitrogen and oxygen atoms in total. The van der Waals surface area contributed by atoms with Crippen molar-refractivity contribution in [3.63, 3.8) is 0 Å². The lowest BCUT2D eigenvalue weighted by Crippen LogP contribution is -2.38. The molecule has 6 heteroatoms. The zero-order chi connectivity index (χ0) is 20.9. The Morgan fingerprint density at radius 2 is 1.93 bits per heavy atom. The Balaban J connectivity index is 1.54. The molecule has 1 aliphatic carbocycles. The number of phenolic OH excluding ortho intramolecular Hbond substituents is 2. The van der Waals surface area contributed by atoms with Crippen molar-refractivity contribution in [2.75, 3.05) is 13.2 Å². The van der Waals surface area contributed by atoms with Crippen LogP contribution in [-0.4, -0.2) is 35.3 Å². The quantitative estimate of drug-likeness (QED) is 0.666. The Hall–Kier alpha value is -3.04. The number of amides is 1. The number of piperidine rings is 1. The number of aromatic hydroxyl groups is 2. The molecular formula is C24H27N2O4+. The molecule has 3 N–H and O–H groups in total. The Bertz CT molecular complexity index is 951. The number of hydrogen-bond donors (Lipinski definition) is 3. The summed E-state index contributed by atoms with van der Waals surface area (Å²) in [5.74, 6) is 0.374. The van der Waals surface area contributed by atoms with E-state index >= 15 is 0 Å². The van der Waals surface area contributed by atoms with Gasteiger partial charge in [0.15, 0.2) is 5.56 Å². The van der Waals surface area contributed by atoms with Crippen LogP contribution in [-0.2, 0) is 0 Å². The van der Waals surface area contributed by atoms with Crippen LogP contribution in [0.25, 0.3) is 4.85 Å². The molecule has 1 aliphatic heterocycles. The largest absolute Gasteiger partial charge is 0.551 e. The summed E-state index contributed by atoms with van der Waals surface area (Å²) in [6, 6.07) is 14.9. The molecule has 156 valence electrons. The number of rotatable bonds is 6. The number of benzene rings is 2. The number of nitrogens with one attached hydrogen (secondary N) is 1. The van der Waals surface area contributed by atoms with E-state index in [0.717, 1.165) is 49.8 Å². The van der Waals surface area contributed by atoms with Crippen LogP contribution in [0.1, 0.15) is 53.9 Å². The van der Waals surface area contributed by atoms with Gasteiger partial charge in [-0.05, 0) is 68.0 Å². The summed E-state index contributed by atoms with van der Waals surface area (Å²) < 4.78 is 5.83. The minimum absolute atomic E-state index is 0.0412. The summed E-state index contributed by atoms with van der Waals surface area (Å²) in [4.78, 5) is 16.5. The molecule has 4 rings (SSSR count). The van der Waals surface area contributed by atoms with Gasteiger partial charge >= 0.3 is 5.91 Å². The van der Waals surface area contributed by atoms with E-state index in [1.807, 2.05) is 24.3 Å². The summed E-state index contributed by atoms with van der Waals surface area (Å²) >= 11 is 0. The van der Waals surface area contributed by atoms with Gasteiger partial charge in [0.05, 0.1) is 6.61 Å². The van der Waals surface area contributed by atoms with Gasteiger partial charge in [-0.2, -0.15) is 4.79 Å². The van der Waals surface area contributed by atoms with Crippen LogP contribution in [0.3, 0.4) is 0 Å². The molecule has 0 spiro atoms. The highest BCUT2D eigenvalue weighted by molar-refractivity contribution is 6.04. The van der Waals surface area contributed by atoms with Crippen LogP contribution in [0.4, 0.5) is 0 Å². The lowest BCUT2D eigenvalue weighted by molar-refractivity contribution is 0.104. The third-order valence-corrected chi connectivity index (χ3v) is 5.69. The summed E-state index contributed by atoms with van der Waals surface area (Å²) in [5, 5.41) is 22.9. The second kappa shape index (κ2) is 9.19. The van der Waals surface area contributed by atoms with Crippen molar-refractivity contribution >= 4 is 5.91 Å². The van der Waals surface area contributed by atoms with Crippen LogP contribution in [0, 0.1) is 12.0 Å². The average molecular weight is 407 g/mol. The van der Waals surface area contributed by atoms with Gasteiger partial charge in [-0.15, -0.1) is 0 Å². The number of carbonyl (C=O) groups is 1. The predicted molar refractivity (Wildman–Crippen MR) is 114 cm³/mol. The SMILES string of the molecule is O=C([N+]#CC(c1ccc(OCC2CC2)cc1)C1CCCCN1)c1ccc(O)cc1O. The Morgan fingerprint density at radius 3 is 2.60 bits per heavy atom. The van der Waals surface area contributed by atoms with E-state index in [-0.39, 0.29) is 29.0 Å². The lowest BCUT2D eigenvalue weighted by atomic mass is 9.87. The molecule has 0 aromatic heterocycles. The first kappa shape index (κ1) is 20.2. The highest BCUT2D eigenvalue weighted by Gasteiger charge is 2.30. The number of ether oxygens (including phenoxy) is 1. The third kappa shape index (κ3) is 5.11. The molecule has 1 heterocycles. The van der Waals surface area contributed by atoms with Crippen LogP contribution < -0.4 is 10.1 Å². The number of hydrogen-bond acceptors (Lipinski definition) is 5. The fourth-order valence-electron chi connectivity index (χ4n) is 3.72. The highest BCUT2D eigenvalue weighted by atomic mass is 16.5. The maximum Gasteiger partial charge on any atom is 0.551 e. The van der Waals surface area contributed by atoms with Gasteiger partial charge in [0, 0.05) is 17.0 Å². The van der Waals surface area contributed by atoms with Crippen LogP contribution in [0.5, 0.6) is 17.2 Å². The van der Waals surface area contributed by atoms with E-state index < -0.39 is 5.91 Å². The highest BCUT2D eigenvalue weighted by Crippen LogP contribution is 2.31. The van der Waals surface area contributed by atoms with Gasteiger partial charge in [-0.25, -0.2) is 0 Å². The zero-order valence-corrected chi connectivity index (χ0v) is 16.9. The summed E-state index contributed by atoms with van der Waals surface area (Å²) in [5.41, 5.74) is 1.05. The van der Waals surface area contributed by atoms with Gasteiger partial charge in [0.25, 0.3) is 6.07 Å². The number of nitrogens with zero attached hydrogens (tertiary/aromatic N) is 1. The molecule has 2 aromatic rings. The van der Waals surface area contributed by atoms with Crippen molar-refractivity contribution in [3.05, 3.63) is 58.4 Å². The second-order valence-electron chi connectivity index (χ2n) is 8.10. The summed E-state index contributed by atoms with van der Waals surface area (Å²) in [7, 11) is 0. The molecule has 1 amide bonds. The van der Waals surface area contributed by atoms with Gasteiger partial charge in [0.1, 0.15) is 23.2 Å². The van der Waals surface area contributed by atoms with Crippen molar-refractivity contribution in [1.29, 1.82) is 0 Å². The summed E-state index contributed by atoms with van der Waals surface area (Å²) in [6.07, 6.45) is 5.73. The van der Waals surface area contributed by atoms with Crippen molar-refractivity contribution in [2.45, 2.75) is 44.1 Å². The first-order chi connectivity index (χ1) is 14.6. The normalized spacial score (nSPS) is 19.4. The van der Waals surface area contributed by atoms with Crippen LogP contribution >= 0.6 is 0 Å². The summed E-state index contributed by atoms with van der Waals surface area (Å²) in [6.45, 7) is 1.70. The van der Waals surface area contributed by atoms with E-state index in [1.54, 1.807) is 0 Å². The molecule has 1 saturated carbocycles. The monoisotopic (exact) mass is 407 g/mol. The predicted octanol–water partition coefficient (Wildman–Crippen LogP) is 4.29. The lowest BCUT2D eigenvalue weighted by Gasteiger charge is -2.26.